The van der Waals surface area contributed by atoms with E-state index in [9.17, 15) is 27.9 Å². The third-order valence-electron chi connectivity index (χ3n) is 6.22. The van der Waals surface area contributed by atoms with Gasteiger partial charge in [-0.3, -0.25) is 14.5 Å². The van der Waals surface area contributed by atoms with Crippen LogP contribution in [0.5, 0.6) is 0 Å². The molecule has 4 aromatic rings. The number of aliphatic hydroxyl groups excluding tert-OH is 2. The zero-order chi connectivity index (χ0) is 33.0. The number of halogens is 8. The van der Waals surface area contributed by atoms with Gasteiger partial charge in [0.25, 0.3) is 5.91 Å². The number of benzene rings is 4. The number of hydrogen-bond acceptors (Lipinski definition) is 6. The van der Waals surface area contributed by atoms with Gasteiger partial charge in [0.2, 0.25) is 0 Å². The van der Waals surface area contributed by atoms with Crippen molar-refractivity contribution in [2.75, 3.05) is 30.0 Å². The number of aliphatic hydroxyl groups is 2. The van der Waals surface area contributed by atoms with Gasteiger partial charge >= 0.3 is 0 Å². The number of carbonyl (C=O) groups is 2. The molecule has 0 aliphatic carbocycles. The number of nitrogens with zero attached hydrogens (tertiary/aromatic N) is 1. The predicted molar refractivity (Wildman–Crippen MR) is 169 cm³/mol. The first-order chi connectivity index (χ1) is 21.3. The lowest BCUT2D eigenvalue weighted by atomic mass is 10.0. The Bertz CT molecular complexity index is 1780. The molecule has 4 rings (SSSR count). The zero-order valence-corrected chi connectivity index (χ0v) is 26.9. The van der Waals surface area contributed by atoms with Crippen molar-refractivity contribution >= 4 is 79.6 Å². The highest BCUT2D eigenvalue weighted by Crippen LogP contribution is 2.39. The molecule has 0 radical (unpaired) electrons. The van der Waals surface area contributed by atoms with Gasteiger partial charge in [0.15, 0.2) is 29.1 Å². The number of anilines is 4. The minimum atomic E-state index is -1.77. The Morgan fingerprint density at radius 1 is 0.800 bits per heavy atom. The van der Waals surface area contributed by atoms with Crippen LogP contribution in [0.2, 0.25) is 0 Å². The average molecular weight is 856 g/mol. The van der Waals surface area contributed by atoms with Gasteiger partial charge in [-0.2, -0.15) is 0 Å². The number of nitrogens with one attached hydrogen (secondary N) is 1. The molecule has 0 unspecified atom stereocenters. The molecule has 0 heterocycles. The summed E-state index contributed by atoms with van der Waals surface area (Å²) >= 11 is 3.56. The highest BCUT2D eigenvalue weighted by molar-refractivity contribution is 14.1. The Kier molecular flexibility index (Phi) is 11.5. The summed E-state index contributed by atoms with van der Waals surface area (Å²) in [5, 5.41) is 20.8. The Morgan fingerprint density at radius 2 is 1.40 bits per heavy atom. The van der Waals surface area contributed by atoms with Gasteiger partial charge in [-0.25, -0.2) is 26.3 Å². The molecule has 1 amide bonds. The summed E-state index contributed by atoms with van der Waals surface area (Å²) in [5.41, 5.74) is -4.54. The summed E-state index contributed by atoms with van der Waals surface area (Å²) in [5.74, 6) is -11.0. The first-order valence-electron chi connectivity index (χ1n) is 12.7. The van der Waals surface area contributed by atoms with E-state index in [4.69, 9.17) is 9.84 Å². The van der Waals surface area contributed by atoms with Crippen LogP contribution in [-0.4, -0.2) is 47.8 Å². The second-order valence-electron chi connectivity index (χ2n) is 9.30. The normalized spacial score (nSPS) is 11.8. The first-order valence-corrected chi connectivity index (χ1v) is 14.9. The molecule has 0 saturated carbocycles. The van der Waals surface area contributed by atoms with Gasteiger partial charge in [-0.05, 0) is 106 Å². The largest absolute Gasteiger partial charge is 0.394 e. The second-order valence-corrected chi connectivity index (χ2v) is 11.8. The Hall–Kier alpha value is -3.26. The van der Waals surface area contributed by atoms with Crippen LogP contribution in [0.3, 0.4) is 0 Å². The summed E-state index contributed by atoms with van der Waals surface area (Å²) in [7, 11) is 0. The highest BCUT2D eigenvalue weighted by Gasteiger charge is 2.33. The van der Waals surface area contributed by atoms with Crippen molar-refractivity contribution in [3.8, 4) is 0 Å². The molecular formula is C30H20F6I2N2O5. The van der Waals surface area contributed by atoms with Gasteiger partial charge < -0.3 is 20.3 Å². The molecule has 0 aliphatic rings. The zero-order valence-electron chi connectivity index (χ0n) is 22.6. The van der Waals surface area contributed by atoms with E-state index in [0.717, 1.165) is 30.3 Å². The Morgan fingerprint density at radius 3 is 2.02 bits per heavy atom. The number of carbonyl (C=O) groups excluding carboxylic acids is 2. The molecule has 0 bridgehead atoms. The Balaban J connectivity index is 1.93. The predicted octanol–water partition coefficient (Wildman–Crippen LogP) is 7.01. The van der Waals surface area contributed by atoms with Gasteiger partial charge in [0, 0.05) is 12.7 Å². The number of Topliss-reactive ketones (excluding diaryl/α,β-unsaturated/α-hetero) is 1. The molecule has 0 fully saturated rings. The highest BCUT2D eigenvalue weighted by atomic mass is 127. The van der Waals surface area contributed by atoms with E-state index in [2.05, 4.69) is 5.32 Å². The lowest BCUT2D eigenvalue weighted by Gasteiger charge is -2.27. The number of ether oxygens (including phenoxy) is 1. The molecule has 0 saturated heterocycles. The van der Waals surface area contributed by atoms with Crippen LogP contribution in [0, 0.1) is 42.0 Å². The number of amides is 1. The third-order valence-corrected chi connectivity index (χ3v) is 7.56. The van der Waals surface area contributed by atoms with Crippen molar-refractivity contribution in [1.82, 2.24) is 0 Å². The molecule has 1 atom stereocenters. The lowest BCUT2D eigenvalue weighted by molar-refractivity contribution is 0.00897. The van der Waals surface area contributed by atoms with Gasteiger partial charge in [0.05, 0.1) is 41.5 Å². The number of ketones is 1. The maximum atomic E-state index is 15.7. The van der Waals surface area contributed by atoms with Crippen molar-refractivity contribution in [2.45, 2.75) is 6.10 Å². The smallest absolute Gasteiger partial charge is 0.265 e. The Labute approximate surface area is 279 Å². The van der Waals surface area contributed by atoms with Crippen molar-refractivity contribution in [3.63, 3.8) is 0 Å². The molecule has 0 aromatic heterocycles. The maximum Gasteiger partial charge on any atom is 0.265 e. The van der Waals surface area contributed by atoms with Crippen molar-refractivity contribution in [2.24, 2.45) is 0 Å². The quantitative estimate of drug-likeness (QED) is 0.0855. The minimum absolute atomic E-state index is 0.280. The fourth-order valence-electron chi connectivity index (χ4n) is 4.09. The summed E-state index contributed by atoms with van der Waals surface area (Å²) in [4.78, 5) is 27.6. The SMILES string of the molecule is O=C(COC[C@H](O)CO)c1ccc(F)c(F)c1N(C(=O)c1ccc(F)c(F)c1Nc1ccc(I)cc1F)c1ccc(I)cc1F. The monoisotopic (exact) mass is 856 g/mol. The van der Waals surface area contributed by atoms with Crippen LogP contribution in [0.15, 0.2) is 60.7 Å². The molecular weight excluding hydrogens is 836 g/mol. The second kappa shape index (κ2) is 14.9. The van der Waals surface area contributed by atoms with Crippen molar-refractivity contribution in [3.05, 3.63) is 114 Å². The molecule has 4 aromatic carbocycles. The van der Waals surface area contributed by atoms with E-state index in [1.54, 1.807) is 22.6 Å². The van der Waals surface area contributed by atoms with E-state index < -0.39 is 101 Å². The van der Waals surface area contributed by atoms with Crippen LogP contribution in [0.1, 0.15) is 20.7 Å². The molecule has 236 valence electrons. The summed E-state index contributed by atoms with van der Waals surface area (Å²) < 4.78 is 96.1. The summed E-state index contributed by atoms with van der Waals surface area (Å²) in [6.45, 7) is -2.07. The van der Waals surface area contributed by atoms with Crippen LogP contribution < -0.4 is 10.2 Å². The minimum Gasteiger partial charge on any atom is -0.394 e. The van der Waals surface area contributed by atoms with Crippen molar-refractivity contribution < 1.29 is 50.9 Å². The van der Waals surface area contributed by atoms with E-state index in [0.29, 0.717) is 19.3 Å². The van der Waals surface area contributed by atoms with Crippen LogP contribution in [0.4, 0.5) is 49.1 Å². The van der Waals surface area contributed by atoms with Crippen LogP contribution in [0.25, 0.3) is 0 Å². The fourth-order valence-corrected chi connectivity index (χ4v) is 5.00. The van der Waals surface area contributed by atoms with E-state index >= 15 is 13.2 Å². The molecule has 0 spiro atoms. The van der Waals surface area contributed by atoms with Crippen molar-refractivity contribution in [1.29, 1.82) is 0 Å². The molecule has 15 heteroatoms. The van der Waals surface area contributed by atoms with Gasteiger partial charge in [-0.1, -0.05) is 0 Å². The maximum absolute atomic E-state index is 15.7. The summed E-state index contributed by atoms with van der Waals surface area (Å²) in [6.07, 6.45) is -1.36. The van der Waals surface area contributed by atoms with Gasteiger partial charge in [-0.15, -0.1) is 0 Å². The molecule has 45 heavy (non-hydrogen) atoms. The fraction of sp³-hybridized carbons (Fsp3) is 0.133. The number of hydrogen-bond donors (Lipinski definition) is 3. The summed E-state index contributed by atoms with van der Waals surface area (Å²) in [6, 6.07) is 9.65. The first kappa shape index (κ1) is 34.6. The standard InChI is InChI=1S/C30H20F6I2N2O5/c31-19-6-4-18(28(26(19)35)39-23-7-1-14(37)9-21(23)33)30(44)40(24-8-2-15(38)10-22(24)34)29-17(3-5-20(32)27(29)36)25(43)13-45-12-16(42)11-41/h1-10,16,39,41-42H,11-13H2/t16-/m1/s1. The topological polar surface area (TPSA) is 99.1 Å². The van der Waals surface area contributed by atoms with Gasteiger partial charge in [0.1, 0.15) is 24.3 Å². The molecule has 7 nitrogen and oxygen atoms in total. The van der Waals surface area contributed by atoms with Crippen LogP contribution >= 0.6 is 45.2 Å². The molecule has 0 aliphatic heterocycles. The van der Waals surface area contributed by atoms with E-state index in [1.165, 1.54) is 18.2 Å². The van der Waals surface area contributed by atoms with Crippen LogP contribution in [-0.2, 0) is 4.74 Å². The molecule has 3 N–H and O–H groups in total. The third kappa shape index (κ3) is 7.76. The van der Waals surface area contributed by atoms with E-state index in [1.807, 2.05) is 22.6 Å². The lowest BCUT2D eigenvalue weighted by Crippen LogP contribution is -2.31. The van der Waals surface area contributed by atoms with E-state index in [-0.39, 0.29) is 10.6 Å². The average Bonchev–Trinajstić information content (AvgIpc) is 2.99. The number of rotatable bonds is 11.